The Labute approximate surface area is 147 Å². The molecule has 2 N–H and O–H groups in total. The molecule has 0 saturated carbocycles. The van der Waals surface area contributed by atoms with Gasteiger partial charge < -0.3 is 10.2 Å². The van der Waals surface area contributed by atoms with Gasteiger partial charge in [0.25, 0.3) is 0 Å². The van der Waals surface area contributed by atoms with E-state index in [0.717, 1.165) is 11.1 Å². The van der Waals surface area contributed by atoms with Crippen LogP contribution in [0.1, 0.15) is 38.2 Å². The summed E-state index contributed by atoms with van der Waals surface area (Å²) < 4.78 is 0. The molecule has 25 heavy (non-hydrogen) atoms. The van der Waals surface area contributed by atoms with Crippen molar-refractivity contribution in [2.24, 2.45) is 0 Å². The Hall–Kier alpha value is -2.91. The van der Waals surface area contributed by atoms with Crippen LogP contribution in [0.4, 0.5) is 0 Å². The van der Waals surface area contributed by atoms with E-state index in [1.807, 2.05) is 62.4 Å². The van der Waals surface area contributed by atoms with Crippen LogP contribution in [0.15, 0.2) is 72.8 Å². The topological polar surface area (TPSA) is 57.5 Å². The molecule has 0 aliphatic carbocycles. The first kappa shape index (κ1) is 16.9. The van der Waals surface area contributed by atoms with E-state index in [9.17, 15) is 15.0 Å². The van der Waals surface area contributed by atoms with Crippen molar-refractivity contribution in [3.05, 3.63) is 106 Å². The molecular weight excluding hydrogens is 312 g/mol. The number of hydrogen-bond acceptors (Lipinski definition) is 2. The predicted octanol–water partition coefficient (Wildman–Crippen LogP) is 4.29. The Balaban J connectivity index is 2.32. The van der Waals surface area contributed by atoms with Gasteiger partial charge in [-0.05, 0) is 31.0 Å². The summed E-state index contributed by atoms with van der Waals surface area (Å²) in [7, 11) is 0. The maximum Gasteiger partial charge on any atom is 0.336 e. The van der Waals surface area contributed by atoms with E-state index in [1.165, 1.54) is 6.07 Å². The molecule has 0 spiro atoms. The lowest BCUT2D eigenvalue weighted by molar-refractivity contribution is 0.0680. The molecule has 3 heteroatoms. The van der Waals surface area contributed by atoms with Crippen LogP contribution < -0.4 is 0 Å². The lowest BCUT2D eigenvalue weighted by atomic mass is 9.78. The lowest BCUT2D eigenvalue weighted by Gasteiger charge is -2.31. The molecule has 3 nitrogen and oxygen atoms in total. The molecular formula is C22H20O3. The number of carboxylic acids is 1. The molecule has 0 aliphatic rings. The minimum atomic E-state index is -1.55. The van der Waals surface area contributed by atoms with Gasteiger partial charge in [0.1, 0.15) is 5.60 Å². The van der Waals surface area contributed by atoms with Crippen molar-refractivity contribution >= 4 is 5.97 Å². The van der Waals surface area contributed by atoms with Crippen LogP contribution in [0.2, 0.25) is 0 Å². The lowest BCUT2D eigenvalue weighted by Crippen LogP contribution is -2.31. The quantitative estimate of drug-likeness (QED) is 0.701. The molecule has 0 aromatic heterocycles. The van der Waals surface area contributed by atoms with Crippen molar-refractivity contribution in [1.29, 1.82) is 0 Å². The molecule has 3 rings (SSSR count). The molecule has 0 heterocycles. The second-order valence-electron chi connectivity index (χ2n) is 6.29. The van der Waals surface area contributed by atoms with Crippen molar-refractivity contribution in [3.8, 4) is 0 Å². The largest absolute Gasteiger partial charge is 0.478 e. The highest BCUT2D eigenvalue weighted by Crippen LogP contribution is 2.38. The zero-order valence-electron chi connectivity index (χ0n) is 14.2. The Morgan fingerprint density at radius 1 is 0.760 bits per heavy atom. The SMILES string of the molecule is Cc1ccc(C(O)(c2ccc(C)cc2)c2ccccc2C(=O)O)cc1. The summed E-state index contributed by atoms with van der Waals surface area (Å²) in [6, 6.07) is 21.6. The molecule has 0 atom stereocenters. The van der Waals surface area contributed by atoms with Gasteiger partial charge in [-0.1, -0.05) is 77.9 Å². The smallest absolute Gasteiger partial charge is 0.336 e. The number of rotatable bonds is 4. The number of hydrogen-bond donors (Lipinski definition) is 2. The number of carbonyl (C=O) groups is 1. The number of aromatic carboxylic acids is 1. The van der Waals surface area contributed by atoms with Gasteiger partial charge >= 0.3 is 5.97 Å². The number of carboxylic acid groups (broad SMARTS) is 1. The normalized spacial score (nSPS) is 11.3. The van der Waals surface area contributed by atoms with Crippen LogP contribution in [0.25, 0.3) is 0 Å². The van der Waals surface area contributed by atoms with E-state index < -0.39 is 11.6 Å². The van der Waals surface area contributed by atoms with E-state index in [2.05, 4.69) is 0 Å². The number of aliphatic hydroxyl groups is 1. The van der Waals surface area contributed by atoms with Gasteiger partial charge in [-0.3, -0.25) is 0 Å². The van der Waals surface area contributed by atoms with Crippen molar-refractivity contribution < 1.29 is 15.0 Å². The molecule has 0 saturated heterocycles. The molecule has 0 bridgehead atoms. The van der Waals surface area contributed by atoms with E-state index >= 15 is 0 Å². The van der Waals surface area contributed by atoms with Gasteiger partial charge in [-0.15, -0.1) is 0 Å². The van der Waals surface area contributed by atoms with Crippen molar-refractivity contribution in [1.82, 2.24) is 0 Å². The Kier molecular flexibility index (Phi) is 4.43. The first-order chi connectivity index (χ1) is 11.9. The van der Waals surface area contributed by atoms with Crippen LogP contribution in [0.3, 0.4) is 0 Å². The fraction of sp³-hybridized carbons (Fsp3) is 0.136. The molecule has 0 aliphatic heterocycles. The fourth-order valence-corrected chi connectivity index (χ4v) is 3.05. The maximum absolute atomic E-state index is 11.8. The summed E-state index contributed by atoms with van der Waals surface area (Å²) >= 11 is 0. The summed E-state index contributed by atoms with van der Waals surface area (Å²) in [5.41, 5.74) is 2.31. The standard InChI is InChI=1S/C22H20O3/c1-15-7-11-17(12-8-15)22(25,18-13-9-16(2)10-14-18)20-6-4-3-5-19(20)21(23)24/h3-14,25H,1-2H3,(H,23,24). The maximum atomic E-state index is 11.8. The van der Waals surface area contributed by atoms with Crippen molar-refractivity contribution in [2.45, 2.75) is 19.4 Å². The predicted molar refractivity (Wildman–Crippen MR) is 97.9 cm³/mol. The summed E-state index contributed by atoms with van der Waals surface area (Å²) in [6.45, 7) is 3.94. The second kappa shape index (κ2) is 6.54. The third-order valence-electron chi connectivity index (χ3n) is 4.49. The molecule has 0 radical (unpaired) electrons. The monoisotopic (exact) mass is 332 g/mol. The van der Waals surface area contributed by atoms with Crippen LogP contribution in [0.5, 0.6) is 0 Å². The van der Waals surface area contributed by atoms with E-state index in [1.54, 1.807) is 18.2 Å². The first-order valence-electron chi connectivity index (χ1n) is 8.12. The van der Waals surface area contributed by atoms with Gasteiger partial charge in [0, 0.05) is 5.56 Å². The van der Waals surface area contributed by atoms with Crippen LogP contribution in [-0.4, -0.2) is 16.2 Å². The van der Waals surface area contributed by atoms with Crippen LogP contribution >= 0.6 is 0 Å². The zero-order chi connectivity index (χ0) is 18.0. The molecule has 0 amide bonds. The van der Waals surface area contributed by atoms with Gasteiger partial charge in [0.05, 0.1) is 5.56 Å². The zero-order valence-corrected chi connectivity index (χ0v) is 14.2. The van der Waals surface area contributed by atoms with Crippen molar-refractivity contribution in [2.75, 3.05) is 0 Å². The average Bonchev–Trinajstić information content (AvgIpc) is 2.62. The van der Waals surface area contributed by atoms with Crippen LogP contribution in [-0.2, 0) is 5.60 Å². The number of benzene rings is 3. The third-order valence-corrected chi connectivity index (χ3v) is 4.49. The Morgan fingerprint density at radius 3 is 1.64 bits per heavy atom. The van der Waals surface area contributed by atoms with Gasteiger partial charge in [0.2, 0.25) is 0 Å². The highest BCUT2D eigenvalue weighted by molar-refractivity contribution is 5.90. The summed E-state index contributed by atoms with van der Waals surface area (Å²) in [4.78, 5) is 11.7. The molecule has 3 aromatic rings. The van der Waals surface area contributed by atoms with Crippen molar-refractivity contribution in [3.63, 3.8) is 0 Å². The van der Waals surface area contributed by atoms with Gasteiger partial charge in [-0.2, -0.15) is 0 Å². The highest BCUT2D eigenvalue weighted by Gasteiger charge is 2.36. The van der Waals surface area contributed by atoms with E-state index in [0.29, 0.717) is 16.7 Å². The summed E-state index contributed by atoms with van der Waals surface area (Å²) in [5.74, 6) is -1.06. The summed E-state index contributed by atoms with van der Waals surface area (Å²) in [6.07, 6.45) is 0. The Bertz CT molecular complexity index is 848. The Morgan fingerprint density at radius 2 is 1.20 bits per heavy atom. The minimum absolute atomic E-state index is 0.0890. The van der Waals surface area contributed by atoms with E-state index in [-0.39, 0.29) is 5.56 Å². The molecule has 0 fully saturated rings. The summed E-state index contributed by atoms with van der Waals surface area (Å²) in [5, 5.41) is 21.4. The molecule has 0 unspecified atom stereocenters. The minimum Gasteiger partial charge on any atom is -0.478 e. The highest BCUT2D eigenvalue weighted by atomic mass is 16.4. The van der Waals surface area contributed by atoms with Gasteiger partial charge in [-0.25, -0.2) is 4.79 Å². The van der Waals surface area contributed by atoms with E-state index in [4.69, 9.17) is 0 Å². The molecule has 126 valence electrons. The number of aryl methyl sites for hydroxylation is 2. The average molecular weight is 332 g/mol. The van der Waals surface area contributed by atoms with Gasteiger partial charge in [0.15, 0.2) is 0 Å². The first-order valence-corrected chi connectivity index (χ1v) is 8.12. The van der Waals surface area contributed by atoms with Crippen LogP contribution in [0, 0.1) is 13.8 Å². The molecule has 3 aromatic carbocycles. The fourth-order valence-electron chi connectivity index (χ4n) is 3.05. The third kappa shape index (κ3) is 3.06. The second-order valence-corrected chi connectivity index (χ2v) is 6.29.